The minimum absolute atomic E-state index is 0.0457. The summed E-state index contributed by atoms with van der Waals surface area (Å²) in [5.74, 6) is -0.192. The number of para-hydroxylation sites is 1. The molecule has 1 N–H and O–H groups in total. The van der Waals surface area contributed by atoms with Gasteiger partial charge in [0.1, 0.15) is 6.10 Å². The van der Waals surface area contributed by atoms with Gasteiger partial charge in [-0.25, -0.2) is 0 Å². The van der Waals surface area contributed by atoms with E-state index in [9.17, 15) is 9.59 Å². The number of hydrogen-bond acceptors (Lipinski definition) is 3. The highest BCUT2D eigenvalue weighted by molar-refractivity contribution is 6.08. The molecule has 2 amide bonds. The van der Waals surface area contributed by atoms with E-state index < -0.39 is 0 Å². The molecule has 5 nitrogen and oxygen atoms in total. The Morgan fingerprint density at radius 3 is 2.81 bits per heavy atom. The highest BCUT2D eigenvalue weighted by atomic mass is 16.5. The SMILES string of the molecule is C[C@@H]1Cc2ccccc2N1C(=O)c1cccc(NC(=O)[C@@H]2CCCO2)c1. The van der Waals surface area contributed by atoms with Crippen LogP contribution in [-0.4, -0.2) is 30.6 Å². The molecule has 2 aromatic rings. The highest BCUT2D eigenvalue weighted by Crippen LogP contribution is 2.33. The Labute approximate surface area is 153 Å². The number of carbonyl (C=O) groups excluding carboxylic acids is 2. The molecule has 0 saturated carbocycles. The monoisotopic (exact) mass is 350 g/mol. The lowest BCUT2D eigenvalue weighted by Crippen LogP contribution is -2.35. The van der Waals surface area contributed by atoms with Crippen molar-refractivity contribution in [1.29, 1.82) is 0 Å². The van der Waals surface area contributed by atoms with Crippen molar-refractivity contribution in [2.45, 2.75) is 38.3 Å². The van der Waals surface area contributed by atoms with Gasteiger partial charge in [-0.1, -0.05) is 24.3 Å². The molecule has 0 bridgehead atoms. The third-order valence-electron chi connectivity index (χ3n) is 5.03. The topological polar surface area (TPSA) is 58.6 Å². The standard InChI is InChI=1S/C21H22N2O3/c1-14-12-15-6-2-3-9-18(15)23(14)21(25)16-7-4-8-17(13-16)22-20(24)19-10-5-11-26-19/h2-4,6-9,13-14,19H,5,10-12H2,1H3,(H,22,24)/t14-,19+/m1/s1. The zero-order valence-electron chi connectivity index (χ0n) is 14.8. The predicted molar refractivity (Wildman–Crippen MR) is 100 cm³/mol. The van der Waals surface area contributed by atoms with Crippen LogP contribution >= 0.6 is 0 Å². The van der Waals surface area contributed by atoms with Crippen molar-refractivity contribution in [3.05, 3.63) is 59.7 Å². The number of rotatable bonds is 3. The van der Waals surface area contributed by atoms with E-state index in [1.807, 2.05) is 23.1 Å². The molecule has 5 heteroatoms. The maximum Gasteiger partial charge on any atom is 0.258 e. The third-order valence-corrected chi connectivity index (χ3v) is 5.03. The number of amides is 2. The molecule has 26 heavy (non-hydrogen) atoms. The third kappa shape index (κ3) is 3.10. The summed E-state index contributed by atoms with van der Waals surface area (Å²) in [6.07, 6.45) is 2.12. The van der Waals surface area contributed by atoms with Crippen molar-refractivity contribution in [1.82, 2.24) is 0 Å². The van der Waals surface area contributed by atoms with Gasteiger partial charge in [0.15, 0.2) is 0 Å². The van der Waals surface area contributed by atoms with Crippen LogP contribution in [0.1, 0.15) is 35.7 Å². The van der Waals surface area contributed by atoms with E-state index in [0.717, 1.165) is 24.9 Å². The molecule has 2 aliphatic rings. The van der Waals surface area contributed by atoms with Gasteiger partial charge in [-0.3, -0.25) is 9.59 Å². The van der Waals surface area contributed by atoms with Crippen LogP contribution in [-0.2, 0) is 16.0 Å². The number of fused-ring (bicyclic) bond motifs is 1. The fourth-order valence-electron chi connectivity index (χ4n) is 3.75. The van der Waals surface area contributed by atoms with Crippen LogP contribution in [0.3, 0.4) is 0 Å². The molecular formula is C21H22N2O3. The number of nitrogens with one attached hydrogen (secondary N) is 1. The van der Waals surface area contributed by atoms with E-state index in [1.54, 1.807) is 24.3 Å². The molecule has 2 atom stereocenters. The smallest absolute Gasteiger partial charge is 0.258 e. The summed E-state index contributed by atoms with van der Waals surface area (Å²) < 4.78 is 5.41. The molecule has 0 radical (unpaired) electrons. The Hall–Kier alpha value is -2.66. The van der Waals surface area contributed by atoms with Crippen LogP contribution in [0.4, 0.5) is 11.4 Å². The first-order valence-electron chi connectivity index (χ1n) is 9.07. The molecule has 134 valence electrons. The zero-order valence-corrected chi connectivity index (χ0v) is 14.8. The predicted octanol–water partition coefficient (Wildman–Crippen LogP) is 3.40. The fourth-order valence-corrected chi connectivity index (χ4v) is 3.75. The Morgan fingerprint density at radius 1 is 1.15 bits per heavy atom. The highest BCUT2D eigenvalue weighted by Gasteiger charge is 2.31. The van der Waals surface area contributed by atoms with Gasteiger partial charge >= 0.3 is 0 Å². The molecule has 2 aromatic carbocycles. The van der Waals surface area contributed by atoms with Crippen LogP contribution < -0.4 is 10.2 Å². The summed E-state index contributed by atoms with van der Waals surface area (Å²) in [7, 11) is 0. The zero-order chi connectivity index (χ0) is 18.1. The van der Waals surface area contributed by atoms with Crippen LogP contribution in [0.15, 0.2) is 48.5 Å². The van der Waals surface area contributed by atoms with Crippen LogP contribution in [0.5, 0.6) is 0 Å². The quantitative estimate of drug-likeness (QED) is 0.923. The maximum atomic E-state index is 13.1. The number of nitrogens with zero attached hydrogens (tertiary/aromatic N) is 1. The lowest BCUT2D eigenvalue weighted by atomic mass is 10.1. The lowest BCUT2D eigenvalue weighted by Gasteiger charge is -2.23. The van der Waals surface area contributed by atoms with Gasteiger partial charge in [-0.15, -0.1) is 0 Å². The Balaban J connectivity index is 1.54. The van der Waals surface area contributed by atoms with Gasteiger partial charge in [-0.2, -0.15) is 0 Å². The second-order valence-electron chi connectivity index (χ2n) is 6.93. The van der Waals surface area contributed by atoms with Crippen LogP contribution in [0.25, 0.3) is 0 Å². The summed E-state index contributed by atoms with van der Waals surface area (Å²) in [6, 6.07) is 15.2. The van der Waals surface area contributed by atoms with Gasteiger partial charge in [0.2, 0.25) is 0 Å². The van der Waals surface area contributed by atoms with Crippen molar-refractivity contribution >= 4 is 23.2 Å². The Kier molecular flexibility index (Phi) is 4.47. The summed E-state index contributed by atoms with van der Waals surface area (Å²) in [6.45, 7) is 2.68. The van der Waals surface area contributed by atoms with Gasteiger partial charge in [0.25, 0.3) is 11.8 Å². The van der Waals surface area contributed by atoms with Gasteiger partial charge in [0, 0.05) is 29.6 Å². The first kappa shape index (κ1) is 16.8. The van der Waals surface area contributed by atoms with E-state index >= 15 is 0 Å². The van der Waals surface area contributed by atoms with E-state index in [2.05, 4.69) is 18.3 Å². The molecule has 4 rings (SSSR count). The van der Waals surface area contributed by atoms with Gasteiger partial charge < -0.3 is 15.0 Å². The molecule has 1 saturated heterocycles. The average Bonchev–Trinajstić information content (AvgIpc) is 3.28. The van der Waals surface area contributed by atoms with Crippen molar-refractivity contribution in [2.24, 2.45) is 0 Å². The Bertz CT molecular complexity index is 843. The first-order valence-corrected chi connectivity index (χ1v) is 9.07. The second kappa shape index (κ2) is 6.92. The number of hydrogen-bond donors (Lipinski definition) is 1. The minimum atomic E-state index is -0.389. The molecule has 0 aromatic heterocycles. The summed E-state index contributed by atoms with van der Waals surface area (Å²) in [5, 5.41) is 2.87. The Morgan fingerprint density at radius 2 is 2.00 bits per heavy atom. The van der Waals surface area contributed by atoms with Crippen molar-refractivity contribution < 1.29 is 14.3 Å². The number of anilines is 2. The molecule has 2 heterocycles. The van der Waals surface area contributed by atoms with Crippen molar-refractivity contribution in [3.63, 3.8) is 0 Å². The van der Waals surface area contributed by atoms with Gasteiger partial charge in [0.05, 0.1) is 0 Å². The van der Waals surface area contributed by atoms with Crippen LogP contribution in [0.2, 0.25) is 0 Å². The second-order valence-corrected chi connectivity index (χ2v) is 6.93. The van der Waals surface area contributed by atoms with Crippen molar-refractivity contribution in [2.75, 3.05) is 16.8 Å². The van der Waals surface area contributed by atoms with Crippen molar-refractivity contribution in [3.8, 4) is 0 Å². The maximum absolute atomic E-state index is 13.1. The molecule has 0 unspecified atom stereocenters. The molecule has 0 aliphatic carbocycles. The van der Waals surface area contributed by atoms with E-state index in [-0.39, 0.29) is 24.0 Å². The van der Waals surface area contributed by atoms with E-state index in [1.165, 1.54) is 5.56 Å². The van der Waals surface area contributed by atoms with Gasteiger partial charge in [-0.05, 0) is 56.0 Å². The average molecular weight is 350 g/mol. The summed E-state index contributed by atoms with van der Waals surface area (Å²) in [4.78, 5) is 27.2. The van der Waals surface area contributed by atoms with E-state index in [0.29, 0.717) is 17.9 Å². The summed E-state index contributed by atoms with van der Waals surface area (Å²) >= 11 is 0. The largest absolute Gasteiger partial charge is 0.368 e. The lowest BCUT2D eigenvalue weighted by molar-refractivity contribution is -0.124. The minimum Gasteiger partial charge on any atom is -0.368 e. The van der Waals surface area contributed by atoms with E-state index in [4.69, 9.17) is 4.74 Å². The molecule has 2 aliphatic heterocycles. The number of ether oxygens (including phenoxy) is 1. The molecule has 0 spiro atoms. The molecular weight excluding hydrogens is 328 g/mol. The first-order chi connectivity index (χ1) is 12.6. The number of benzene rings is 2. The number of carbonyl (C=O) groups is 2. The van der Waals surface area contributed by atoms with Crippen LogP contribution in [0, 0.1) is 0 Å². The fraction of sp³-hybridized carbons (Fsp3) is 0.333. The molecule has 1 fully saturated rings. The normalized spacial score (nSPS) is 21.5. The summed E-state index contributed by atoms with van der Waals surface area (Å²) in [5.41, 5.74) is 3.35.